The van der Waals surface area contributed by atoms with Crippen LogP contribution < -0.4 is 5.32 Å². The summed E-state index contributed by atoms with van der Waals surface area (Å²) >= 11 is 1.40. The minimum absolute atomic E-state index is 0.244. The van der Waals surface area contributed by atoms with E-state index in [2.05, 4.69) is 12.2 Å². The Balaban J connectivity index is 1.64. The number of ether oxygens (including phenoxy) is 2. The van der Waals surface area contributed by atoms with Crippen LogP contribution in [0.15, 0.2) is 54.6 Å². The Kier molecular flexibility index (Phi) is 7.66. The van der Waals surface area contributed by atoms with Gasteiger partial charge in [-0.2, -0.15) is 0 Å². The van der Waals surface area contributed by atoms with Crippen molar-refractivity contribution in [3.63, 3.8) is 0 Å². The number of carbonyl (C=O) groups is 3. The zero-order valence-corrected chi connectivity index (χ0v) is 20.9. The summed E-state index contributed by atoms with van der Waals surface area (Å²) in [5.74, 6) is -1.05. The van der Waals surface area contributed by atoms with Gasteiger partial charge in [0.15, 0.2) is 0 Å². The molecule has 0 radical (unpaired) electrons. The fourth-order valence-electron chi connectivity index (χ4n) is 4.20. The van der Waals surface area contributed by atoms with Crippen molar-refractivity contribution in [1.82, 2.24) is 0 Å². The van der Waals surface area contributed by atoms with E-state index >= 15 is 0 Å². The lowest BCUT2D eigenvalue weighted by atomic mass is 9.88. The highest BCUT2D eigenvalue weighted by atomic mass is 32.1. The van der Waals surface area contributed by atoms with Crippen LogP contribution in [0.1, 0.15) is 68.7 Å². The summed E-state index contributed by atoms with van der Waals surface area (Å²) in [5.41, 5.74) is 3.29. The lowest BCUT2D eigenvalue weighted by Crippen LogP contribution is -2.26. The molecule has 1 amide bonds. The Bertz CT molecular complexity index is 1220. The molecule has 1 N–H and O–H groups in total. The standard InChI is InChI=1S/C28H29NO5S/c1-4-33-28(32)23-21-15-12-18(3)16-22(21)35-26(23)29-25(30)24(19-8-6-5-7-9-19)34-27(31)20-13-10-17(2)11-14-20/h5-11,13-14,18,24H,4,12,15-16H2,1-3H3,(H,29,30)/t18-,24+/m1/s1. The first-order valence-corrected chi connectivity index (χ1v) is 12.6. The van der Waals surface area contributed by atoms with E-state index in [1.165, 1.54) is 11.3 Å². The summed E-state index contributed by atoms with van der Waals surface area (Å²) in [4.78, 5) is 40.3. The average molecular weight is 492 g/mol. The van der Waals surface area contributed by atoms with Crippen LogP contribution >= 0.6 is 11.3 Å². The van der Waals surface area contributed by atoms with E-state index in [1.807, 2.05) is 25.1 Å². The van der Waals surface area contributed by atoms with Gasteiger partial charge in [0, 0.05) is 10.4 Å². The maximum absolute atomic E-state index is 13.5. The van der Waals surface area contributed by atoms with Crippen LogP contribution in [0.5, 0.6) is 0 Å². The van der Waals surface area contributed by atoms with Crippen LogP contribution in [0.25, 0.3) is 0 Å². The first-order chi connectivity index (χ1) is 16.9. The molecule has 0 aliphatic heterocycles. The molecule has 3 aromatic rings. The maximum atomic E-state index is 13.5. The molecule has 35 heavy (non-hydrogen) atoms. The summed E-state index contributed by atoms with van der Waals surface area (Å²) in [5, 5.41) is 3.33. The van der Waals surface area contributed by atoms with Gasteiger partial charge in [-0.15, -0.1) is 11.3 Å². The molecule has 1 heterocycles. The average Bonchev–Trinajstić information content (AvgIpc) is 3.20. The molecule has 182 valence electrons. The number of nitrogens with one attached hydrogen (secondary N) is 1. The molecule has 4 rings (SSSR count). The predicted molar refractivity (Wildman–Crippen MR) is 136 cm³/mol. The van der Waals surface area contributed by atoms with Crippen molar-refractivity contribution < 1.29 is 23.9 Å². The molecule has 0 saturated carbocycles. The molecule has 7 heteroatoms. The molecule has 0 bridgehead atoms. The zero-order chi connectivity index (χ0) is 24.9. The van der Waals surface area contributed by atoms with Crippen molar-refractivity contribution >= 4 is 34.2 Å². The molecule has 2 aromatic carbocycles. The van der Waals surface area contributed by atoms with E-state index in [4.69, 9.17) is 9.47 Å². The van der Waals surface area contributed by atoms with Crippen LogP contribution in [0, 0.1) is 12.8 Å². The molecule has 2 atom stereocenters. The molecule has 0 spiro atoms. The van der Waals surface area contributed by atoms with Gasteiger partial charge in [0.05, 0.1) is 17.7 Å². The largest absolute Gasteiger partial charge is 0.462 e. The quantitative estimate of drug-likeness (QED) is 0.417. The molecule has 1 aliphatic rings. The van der Waals surface area contributed by atoms with E-state index < -0.39 is 23.9 Å². The number of rotatable bonds is 7. The fourth-order valence-corrected chi connectivity index (χ4v) is 5.60. The van der Waals surface area contributed by atoms with Crippen molar-refractivity contribution in [2.24, 2.45) is 5.92 Å². The van der Waals surface area contributed by atoms with E-state index in [-0.39, 0.29) is 6.61 Å². The predicted octanol–water partition coefficient (Wildman–Crippen LogP) is 5.89. The summed E-state index contributed by atoms with van der Waals surface area (Å²) in [6.07, 6.45) is 1.41. The van der Waals surface area contributed by atoms with Gasteiger partial charge in [-0.25, -0.2) is 9.59 Å². The Hall–Kier alpha value is -3.45. The Morgan fingerprint density at radius 2 is 1.77 bits per heavy atom. The van der Waals surface area contributed by atoms with E-state index in [0.29, 0.717) is 27.6 Å². The number of hydrogen-bond donors (Lipinski definition) is 1. The van der Waals surface area contributed by atoms with Crippen molar-refractivity contribution in [1.29, 1.82) is 0 Å². The molecule has 0 fully saturated rings. The third-order valence-electron chi connectivity index (χ3n) is 6.08. The second kappa shape index (κ2) is 10.9. The first-order valence-electron chi connectivity index (χ1n) is 11.8. The SMILES string of the molecule is CCOC(=O)c1c(NC(=O)[C@@H](OC(=O)c2ccc(C)cc2)c2ccccc2)sc2c1CC[C@@H](C)C2. The number of anilines is 1. The highest BCUT2D eigenvalue weighted by Gasteiger charge is 2.32. The lowest BCUT2D eigenvalue weighted by Gasteiger charge is -2.19. The number of benzene rings is 2. The van der Waals surface area contributed by atoms with Crippen LogP contribution in [0.3, 0.4) is 0 Å². The smallest absolute Gasteiger partial charge is 0.341 e. The minimum Gasteiger partial charge on any atom is -0.462 e. The molecule has 6 nitrogen and oxygen atoms in total. The first kappa shape index (κ1) is 24.7. The summed E-state index contributed by atoms with van der Waals surface area (Å²) in [6.45, 7) is 6.11. The summed E-state index contributed by atoms with van der Waals surface area (Å²) in [6, 6.07) is 15.8. The van der Waals surface area contributed by atoms with E-state index in [0.717, 1.165) is 35.3 Å². The van der Waals surface area contributed by atoms with Crippen LogP contribution in [0.2, 0.25) is 0 Å². The topological polar surface area (TPSA) is 81.7 Å². The van der Waals surface area contributed by atoms with Gasteiger partial charge in [-0.3, -0.25) is 4.79 Å². The summed E-state index contributed by atoms with van der Waals surface area (Å²) < 4.78 is 11.0. The number of esters is 2. The highest BCUT2D eigenvalue weighted by molar-refractivity contribution is 7.17. The van der Waals surface area contributed by atoms with E-state index in [1.54, 1.807) is 43.3 Å². The number of thiophene rings is 1. The number of carbonyl (C=O) groups excluding carboxylic acids is 3. The minimum atomic E-state index is -1.18. The number of fused-ring (bicyclic) bond motifs is 1. The third kappa shape index (κ3) is 5.62. The van der Waals surface area contributed by atoms with Crippen molar-refractivity contribution in [2.45, 2.75) is 46.1 Å². The number of hydrogen-bond acceptors (Lipinski definition) is 6. The Labute approximate surface area is 209 Å². The number of aryl methyl sites for hydroxylation is 1. The van der Waals surface area contributed by atoms with Gasteiger partial charge in [0.25, 0.3) is 5.91 Å². The van der Waals surface area contributed by atoms with Gasteiger partial charge >= 0.3 is 11.9 Å². The van der Waals surface area contributed by atoms with Gasteiger partial charge in [-0.05, 0) is 56.7 Å². The number of amides is 1. The van der Waals surface area contributed by atoms with Gasteiger partial charge < -0.3 is 14.8 Å². The normalized spacial score (nSPS) is 15.6. The van der Waals surface area contributed by atoms with Crippen molar-refractivity contribution in [3.05, 3.63) is 87.3 Å². The van der Waals surface area contributed by atoms with Crippen LogP contribution in [0.4, 0.5) is 5.00 Å². The molecule has 0 saturated heterocycles. The summed E-state index contributed by atoms with van der Waals surface area (Å²) in [7, 11) is 0. The Morgan fingerprint density at radius 3 is 2.46 bits per heavy atom. The van der Waals surface area contributed by atoms with Crippen molar-refractivity contribution in [2.75, 3.05) is 11.9 Å². The highest BCUT2D eigenvalue weighted by Crippen LogP contribution is 2.40. The van der Waals surface area contributed by atoms with Crippen LogP contribution in [-0.4, -0.2) is 24.5 Å². The van der Waals surface area contributed by atoms with Gasteiger partial charge in [0.1, 0.15) is 5.00 Å². The fraction of sp³-hybridized carbons (Fsp3) is 0.321. The second-order valence-corrected chi connectivity index (χ2v) is 9.93. The van der Waals surface area contributed by atoms with Crippen LogP contribution in [-0.2, 0) is 27.1 Å². The molecular weight excluding hydrogens is 462 g/mol. The monoisotopic (exact) mass is 491 g/mol. The molecule has 1 aromatic heterocycles. The van der Waals surface area contributed by atoms with Gasteiger partial charge in [-0.1, -0.05) is 55.0 Å². The molecule has 1 aliphatic carbocycles. The third-order valence-corrected chi connectivity index (χ3v) is 7.25. The van der Waals surface area contributed by atoms with Crippen molar-refractivity contribution in [3.8, 4) is 0 Å². The van der Waals surface area contributed by atoms with Gasteiger partial charge in [0.2, 0.25) is 6.10 Å². The maximum Gasteiger partial charge on any atom is 0.341 e. The zero-order valence-electron chi connectivity index (χ0n) is 20.1. The molecular formula is C28H29NO5S. The lowest BCUT2D eigenvalue weighted by molar-refractivity contribution is -0.125. The van der Waals surface area contributed by atoms with E-state index in [9.17, 15) is 14.4 Å². The molecule has 0 unspecified atom stereocenters. The Morgan fingerprint density at radius 1 is 1.06 bits per heavy atom. The second-order valence-electron chi connectivity index (χ2n) is 8.83.